The van der Waals surface area contributed by atoms with Crippen LogP contribution in [-0.2, 0) is 4.79 Å². The second-order valence-corrected chi connectivity index (χ2v) is 7.15. The van der Waals surface area contributed by atoms with Crippen molar-refractivity contribution in [1.29, 1.82) is 0 Å². The molecular formula is C21H22N6O3. The Bertz CT molecular complexity index is 1100. The molecular weight excluding hydrogens is 384 g/mol. The molecule has 1 aliphatic heterocycles. The predicted octanol–water partition coefficient (Wildman–Crippen LogP) is 1.29. The van der Waals surface area contributed by atoms with Gasteiger partial charge in [0.15, 0.2) is 5.82 Å². The molecule has 0 radical (unpaired) electrons. The lowest BCUT2D eigenvalue weighted by atomic mass is 10.0. The number of nitrogens with one attached hydrogen (secondary N) is 1. The van der Waals surface area contributed by atoms with Crippen LogP contribution in [0.3, 0.4) is 0 Å². The van der Waals surface area contributed by atoms with Crippen LogP contribution in [0.15, 0.2) is 53.5 Å². The number of aromatic nitrogens is 3. The van der Waals surface area contributed by atoms with Crippen LogP contribution in [0.4, 0.5) is 11.5 Å². The number of nitrogens with two attached hydrogens (primary N) is 1. The number of hydrogen-bond donors (Lipinski definition) is 3. The van der Waals surface area contributed by atoms with Crippen molar-refractivity contribution in [3.63, 3.8) is 0 Å². The molecule has 4 rings (SSSR count). The zero-order valence-corrected chi connectivity index (χ0v) is 16.3. The van der Waals surface area contributed by atoms with E-state index >= 15 is 0 Å². The number of rotatable bonds is 5. The normalized spacial score (nSPS) is 14.6. The Morgan fingerprint density at radius 2 is 1.80 bits per heavy atom. The number of benzene rings is 1. The number of piperazine rings is 1. The van der Waals surface area contributed by atoms with E-state index in [4.69, 9.17) is 10.8 Å². The fraction of sp³-hybridized carbons (Fsp3) is 0.238. The summed E-state index contributed by atoms with van der Waals surface area (Å²) in [5.74, 6) is -0.505. The van der Waals surface area contributed by atoms with E-state index < -0.39 is 5.97 Å². The molecule has 154 valence electrons. The van der Waals surface area contributed by atoms with Gasteiger partial charge >= 0.3 is 5.97 Å². The number of aliphatic carboxylic acids is 1. The van der Waals surface area contributed by atoms with E-state index in [1.54, 1.807) is 24.4 Å². The average molecular weight is 406 g/mol. The first-order valence-electron chi connectivity index (χ1n) is 9.62. The summed E-state index contributed by atoms with van der Waals surface area (Å²) in [6, 6.07) is 13.1. The number of carbonyl (C=O) groups is 1. The smallest absolute Gasteiger partial charge is 0.317 e. The third-order valence-electron chi connectivity index (χ3n) is 5.19. The van der Waals surface area contributed by atoms with Crippen molar-refractivity contribution in [3.05, 3.63) is 59.0 Å². The van der Waals surface area contributed by atoms with Crippen LogP contribution in [-0.4, -0.2) is 63.9 Å². The number of hydrogen-bond acceptors (Lipinski definition) is 7. The van der Waals surface area contributed by atoms with Crippen LogP contribution in [0.5, 0.6) is 0 Å². The summed E-state index contributed by atoms with van der Waals surface area (Å²) in [6.45, 7) is 3.04. The van der Waals surface area contributed by atoms with Gasteiger partial charge in [0.25, 0.3) is 5.56 Å². The fourth-order valence-electron chi connectivity index (χ4n) is 3.59. The summed E-state index contributed by atoms with van der Waals surface area (Å²) < 4.78 is 0. The van der Waals surface area contributed by atoms with Crippen molar-refractivity contribution in [3.8, 4) is 22.4 Å². The second kappa shape index (κ2) is 8.34. The third-order valence-corrected chi connectivity index (χ3v) is 5.19. The first kappa shape index (κ1) is 19.6. The largest absolute Gasteiger partial charge is 0.480 e. The summed E-state index contributed by atoms with van der Waals surface area (Å²) >= 11 is 0. The van der Waals surface area contributed by atoms with Crippen molar-refractivity contribution in [2.75, 3.05) is 43.4 Å². The fourth-order valence-corrected chi connectivity index (χ4v) is 3.59. The minimum Gasteiger partial charge on any atom is -0.480 e. The SMILES string of the molecule is Nc1nnc(-c2ccc[nH]c2=O)cc1-c1ccc(N2CCN(CC(=O)O)CC2)cc1. The van der Waals surface area contributed by atoms with E-state index in [-0.39, 0.29) is 12.1 Å². The lowest BCUT2D eigenvalue weighted by molar-refractivity contribution is -0.138. The molecule has 0 aliphatic carbocycles. The third kappa shape index (κ3) is 4.15. The Balaban J connectivity index is 1.53. The van der Waals surface area contributed by atoms with E-state index in [0.717, 1.165) is 24.3 Å². The molecule has 1 saturated heterocycles. The Hall–Kier alpha value is -3.72. The summed E-state index contributed by atoms with van der Waals surface area (Å²) in [4.78, 5) is 29.7. The zero-order valence-electron chi connectivity index (χ0n) is 16.3. The molecule has 0 unspecified atom stereocenters. The van der Waals surface area contributed by atoms with Crippen molar-refractivity contribution < 1.29 is 9.90 Å². The van der Waals surface area contributed by atoms with E-state index in [9.17, 15) is 9.59 Å². The highest BCUT2D eigenvalue weighted by molar-refractivity contribution is 5.78. The van der Waals surface area contributed by atoms with Crippen LogP contribution in [0.1, 0.15) is 0 Å². The van der Waals surface area contributed by atoms with Gasteiger partial charge in [-0.3, -0.25) is 14.5 Å². The summed E-state index contributed by atoms with van der Waals surface area (Å²) in [6.07, 6.45) is 1.57. The Morgan fingerprint density at radius 1 is 1.07 bits per heavy atom. The number of carboxylic acid groups (broad SMARTS) is 1. The monoisotopic (exact) mass is 406 g/mol. The molecule has 1 aliphatic rings. The molecule has 0 bridgehead atoms. The van der Waals surface area contributed by atoms with E-state index in [2.05, 4.69) is 20.1 Å². The van der Waals surface area contributed by atoms with Gasteiger partial charge in [-0.25, -0.2) is 0 Å². The molecule has 4 N–H and O–H groups in total. The molecule has 9 nitrogen and oxygen atoms in total. The number of carboxylic acids is 1. The molecule has 3 aromatic rings. The Labute approximate surface area is 172 Å². The van der Waals surface area contributed by atoms with E-state index in [0.29, 0.717) is 35.7 Å². The number of H-pyrrole nitrogens is 1. The minimum atomic E-state index is -0.798. The van der Waals surface area contributed by atoms with Crippen molar-refractivity contribution in [2.24, 2.45) is 0 Å². The predicted molar refractivity (Wildman–Crippen MR) is 114 cm³/mol. The topological polar surface area (TPSA) is 128 Å². The van der Waals surface area contributed by atoms with Gasteiger partial charge in [-0.2, -0.15) is 0 Å². The number of nitrogen functional groups attached to an aromatic ring is 1. The number of anilines is 2. The first-order valence-corrected chi connectivity index (χ1v) is 9.62. The van der Waals surface area contributed by atoms with Gasteiger partial charge in [0, 0.05) is 43.6 Å². The standard InChI is InChI=1S/C21H22N6O3/c22-20-17(12-18(24-25-20)16-2-1-7-23-21(16)30)14-3-5-15(6-4-14)27-10-8-26(9-11-27)13-19(28)29/h1-7,12H,8-11,13H2,(H2,22,25)(H,23,30)(H,28,29). The molecule has 9 heteroatoms. The number of aromatic amines is 1. The Kier molecular flexibility index (Phi) is 5.44. The van der Waals surface area contributed by atoms with Crippen LogP contribution in [0.2, 0.25) is 0 Å². The molecule has 1 aromatic carbocycles. The van der Waals surface area contributed by atoms with Crippen LogP contribution in [0.25, 0.3) is 22.4 Å². The molecule has 30 heavy (non-hydrogen) atoms. The van der Waals surface area contributed by atoms with Crippen LogP contribution < -0.4 is 16.2 Å². The van der Waals surface area contributed by atoms with E-state index in [1.807, 2.05) is 29.2 Å². The lowest BCUT2D eigenvalue weighted by Gasteiger charge is -2.35. The highest BCUT2D eigenvalue weighted by Crippen LogP contribution is 2.29. The number of nitrogens with zero attached hydrogens (tertiary/aromatic N) is 4. The van der Waals surface area contributed by atoms with Gasteiger partial charge in [-0.1, -0.05) is 12.1 Å². The maximum Gasteiger partial charge on any atom is 0.317 e. The van der Waals surface area contributed by atoms with Crippen LogP contribution >= 0.6 is 0 Å². The average Bonchev–Trinajstić information content (AvgIpc) is 2.75. The first-order chi connectivity index (χ1) is 14.5. The quantitative estimate of drug-likeness (QED) is 0.578. The maximum atomic E-state index is 12.1. The van der Waals surface area contributed by atoms with E-state index in [1.165, 1.54) is 0 Å². The molecule has 1 fully saturated rings. The Morgan fingerprint density at radius 3 is 2.47 bits per heavy atom. The van der Waals surface area contributed by atoms with Crippen LogP contribution in [0, 0.1) is 0 Å². The number of pyridine rings is 1. The van der Waals surface area contributed by atoms with Gasteiger partial charge in [0.1, 0.15) is 0 Å². The van der Waals surface area contributed by atoms with Gasteiger partial charge < -0.3 is 20.7 Å². The van der Waals surface area contributed by atoms with Crippen molar-refractivity contribution in [1.82, 2.24) is 20.1 Å². The maximum absolute atomic E-state index is 12.1. The second-order valence-electron chi connectivity index (χ2n) is 7.15. The van der Waals surface area contributed by atoms with Crippen molar-refractivity contribution in [2.45, 2.75) is 0 Å². The molecule has 3 heterocycles. The van der Waals surface area contributed by atoms with Crippen molar-refractivity contribution >= 4 is 17.5 Å². The highest BCUT2D eigenvalue weighted by Gasteiger charge is 2.19. The lowest BCUT2D eigenvalue weighted by Crippen LogP contribution is -2.47. The summed E-state index contributed by atoms with van der Waals surface area (Å²) in [5, 5.41) is 17.0. The molecule has 0 saturated carbocycles. The molecule has 0 atom stereocenters. The zero-order chi connectivity index (χ0) is 21.1. The van der Waals surface area contributed by atoms with Gasteiger partial charge in [-0.05, 0) is 35.9 Å². The van der Waals surface area contributed by atoms with Gasteiger partial charge in [0.2, 0.25) is 0 Å². The molecule has 2 aromatic heterocycles. The van der Waals surface area contributed by atoms with Gasteiger partial charge in [-0.15, -0.1) is 10.2 Å². The summed E-state index contributed by atoms with van der Waals surface area (Å²) in [7, 11) is 0. The highest BCUT2D eigenvalue weighted by atomic mass is 16.4. The molecule has 0 amide bonds. The van der Waals surface area contributed by atoms with Gasteiger partial charge in [0.05, 0.1) is 17.8 Å². The minimum absolute atomic E-state index is 0.0771. The molecule has 0 spiro atoms. The summed E-state index contributed by atoms with van der Waals surface area (Å²) in [5.41, 5.74) is 9.36.